The van der Waals surface area contributed by atoms with Crippen LogP contribution in [-0.2, 0) is 4.79 Å². The summed E-state index contributed by atoms with van der Waals surface area (Å²) >= 11 is 7.29. The number of para-hydroxylation sites is 2. The Hall–Kier alpha value is -2.51. The van der Waals surface area contributed by atoms with Crippen LogP contribution < -0.4 is 15.6 Å². The number of hydrogen-bond acceptors (Lipinski definition) is 5. The molecule has 0 saturated heterocycles. The Morgan fingerprint density at radius 2 is 2.07 bits per heavy atom. The highest BCUT2D eigenvalue weighted by Gasteiger charge is 2.21. The normalized spacial score (nSPS) is 12.0. The third-order valence-electron chi connectivity index (χ3n) is 4.13. The summed E-state index contributed by atoms with van der Waals surface area (Å²) in [7, 11) is 1.54. The molecule has 0 aliphatic heterocycles. The van der Waals surface area contributed by atoms with Gasteiger partial charge in [0.15, 0.2) is 5.16 Å². The van der Waals surface area contributed by atoms with Crippen LogP contribution in [0.25, 0.3) is 16.6 Å². The van der Waals surface area contributed by atoms with Crippen LogP contribution in [0.3, 0.4) is 0 Å². The second-order valence-corrected chi connectivity index (χ2v) is 7.77. The molecule has 28 heavy (non-hydrogen) atoms. The van der Waals surface area contributed by atoms with Crippen molar-refractivity contribution in [3.63, 3.8) is 0 Å². The minimum absolute atomic E-state index is 0.125. The summed E-state index contributed by atoms with van der Waals surface area (Å²) in [4.78, 5) is 30.2. The van der Waals surface area contributed by atoms with Crippen LogP contribution in [-0.4, -0.2) is 34.4 Å². The van der Waals surface area contributed by atoms with E-state index in [-0.39, 0.29) is 11.5 Å². The first-order valence-electron chi connectivity index (χ1n) is 8.76. The molecule has 0 radical (unpaired) electrons. The lowest BCUT2D eigenvalue weighted by Gasteiger charge is -2.17. The average Bonchev–Trinajstić information content (AvgIpc) is 2.68. The zero-order valence-electron chi connectivity index (χ0n) is 15.7. The Balaban J connectivity index is 2.25. The number of amides is 1. The zero-order valence-corrected chi connectivity index (χ0v) is 17.3. The van der Waals surface area contributed by atoms with E-state index in [1.807, 2.05) is 19.1 Å². The van der Waals surface area contributed by atoms with Crippen LogP contribution in [0.5, 0.6) is 5.75 Å². The topological polar surface area (TPSA) is 73.2 Å². The number of benzene rings is 2. The highest BCUT2D eigenvalue weighted by molar-refractivity contribution is 8.00. The van der Waals surface area contributed by atoms with Gasteiger partial charge in [-0.1, -0.05) is 35.5 Å². The fraction of sp³-hybridized carbons (Fsp3) is 0.250. The van der Waals surface area contributed by atoms with Crippen LogP contribution >= 0.6 is 23.4 Å². The van der Waals surface area contributed by atoms with Crippen LogP contribution in [0.1, 0.15) is 13.8 Å². The maximum atomic E-state index is 13.3. The number of ether oxygens (including phenoxy) is 1. The third-order valence-corrected chi connectivity index (χ3v) is 5.42. The molecule has 3 aromatic rings. The van der Waals surface area contributed by atoms with Gasteiger partial charge in [0.25, 0.3) is 5.56 Å². The first-order chi connectivity index (χ1) is 13.5. The standard InChI is InChI=1S/C20H20ClN3O3S/c1-4-22-18(25)12(2)28-20-23-15-11-13(21)9-10-14(15)19(26)24(20)16-7-5-6-8-17(16)27-3/h5-12H,4H2,1-3H3,(H,22,25)/t12-/m1/s1. The van der Waals surface area contributed by atoms with Gasteiger partial charge in [-0.25, -0.2) is 4.98 Å². The summed E-state index contributed by atoms with van der Waals surface area (Å²) < 4.78 is 6.92. The molecule has 0 saturated carbocycles. The fourth-order valence-corrected chi connectivity index (χ4v) is 3.88. The molecule has 1 amide bonds. The Bertz CT molecular complexity index is 1080. The summed E-state index contributed by atoms with van der Waals surface area (Å²) in [6, 6.07) is 12.2. The van der Waals surface area contributed by atoms with Gasteiger partial charge in [-0.2, -0.15) is 0 Å². The van der Waals surface area contributed by atoms with E-state index in [2.05, 4.69) is 10.3 Å². The summed E-state index contributed by atoms with van der Waals surface area (Å²) in [5, 5.41) is 3.66. The van der Waals surface area contributed by atoms with Crippen molar-refractivity contribution in [1.29, 1.82) is 0 Å². The second-order valence-electron chi connectivity index (χ2n) is 6.02. The molecular weight excluding hydrogens is 398 g/mol. The van der Waals surface area contributed by atoms with E-state index in [9.17, 15) is 9.59 Å². The van der Waals surface area contributed by atoms with Crippen molar-refractivity contribution in [2.24, 2.45) is 0 Å². The molecule has 0 bridgehead atoms. The summed E-state index contributed by atoms with van der Waals surface area (Å²) in [6.07, 6.45) is 0. The van der Waals surface area contributed by atoms with E-state index in [0.717, 1.165) is 0 Å². The minimum Gasteiger partial charge on any atom is -0.495 e. The molecule has 1 N–H and O–H groups in total. The SMILES string of the molecule is CCNC(=O)[C@@H](C)Sc1nc2cc(Cl)ccc2c(=O)n1-c1ccccc1OC. The predicted molar refractivity (Wildman–Crippen MR) is 113 cm³/mol. The first-order valence-corrected chi connectivity index (χ1v) is 10.0. The lowest BCUT2D eigenvalue weighted by molar-refractivity contribution is -0.120. The van der Waals surface area contributed by atoms with Gasteiger partial charge in [-0.3, -0.25) is 14.2 Å². The maximum Gasteiger partial charge on any atom is 0.266 e. The largest absolute Gasteiger partial charge is 0.495 e. The number of carbonyl (C=O) groups is 1. The number of carbonyl (C=O) groups excluding carboxylic acids is 1. The third kappa shape index (κ3) is 4.00. The molecule has 3 rings (SSSR count). The number of thioether (sulfide) groups is 1. The van der Waals surface area contributed by atoms with Crippen molar-refractivity contribution >= 4 is 40.2 Å². The summed E-state index contributed by atoms with van der Waals surface area (Å²) in [5.74, 6) is 0.409. The Labute approximate surface area is 171 Å². The van der Waals surface area contributed by atoms with Crippen LogP contribution in [0.2, 0.25) is 5.02 Å². The molecule has 1 heterocycles. The molecule has 146 valence electrons. The lowest BCUT2D eigenvalue weighted by atomic mass is 10.2. The van der Waals surface area contributed by atoms with Gasteiger partial charge >= 0.3 is 0 Å². The van der Waals surface area contributed by atoms with Gasteiger partial charge in [0.1, 0.15) is 5.75 Å². The second kappa shape index (κ2) is 8.67. The number of methoxy groups -OCH3 is 1. The van der Waals surface area contributed by atoms with E-state index < -0.39 is 5.25 Å². The van der Waals surface area contributed by atoms with Crippen molar-refractivity contribution in [3.05, 3.63) is 57.8 Å². The first kappa shape index (κ1) is 20.2. The number of fused-ring (bicyclic) bond motifs is 1. The molecule has 2 aromatic carbocycles. The molecule has 0 aliphatic rings. The number of rotatable bonds is 6. The van der Waals surface area contributed by atoms with Crippen LogP contribution in [0, 0.1) is 0 Å². The van der Waals surface area contributed by atoms with E-state index in [0.29, 0.717) is 39.1 Å². The summed E-state index contributed by atoms with van der Waals surface area (Å²) in [6.45, 7) is 4.16. The highest BCUT2D eigenvalue weighted by Crippen LogP contribution is 2.29. The average molecular weight is 418 g/mol. The van der Waals surface area contributed by atoms with Crippen molar-refractivity contribution in [3.8, 4) is 11.4 Å². The molecule has 0 unspecified atom stereocenters. The number of nitrogens with one attached hydrogen (secondary N) is 1. The van der Waals surface area contributed by atoms with E-state index in [1.54, 1.807) is 44.4 Å². The molecule has 0 aliphatic carbocycles. The van der Waals surface area contributed by atoms with Crippen molar-refractivity contribution < 1.29 is 9.53 Å². The Morgan fingerprint density at radius 3 is 2.79 bits per heavy atom. The van der Waals surface area contributed by atoms with Gasteiger partial charge < -0.3 is 10.1 Å². The van der Waals surface area contributed by atoms with E-state index >= 15 is 0 Å². The van der Waals surface area contributed by atoms with Crippen molar-refractivity contribution in [1.82, 2.24) is 14.9 Å². The van der Waals surface area contributed by atoms with Gasteiger partial charge in [0.2, 0.25) is 5.91 Å². The predicted octanol–water partition coefficient (Wildman–Crippen LogP) is 3.66. The Kier molecular flexibility index (Phi) is 6.26. The van der Waals surface area contributed by atoms with Gasteiger partial charge in [-0.05, 0) is 44.2 Å². The van der Waals surface area contributed by atoms with Gasteiger partial charge in [0.05, 0.1) is 29.0 Å². The monoisotopic (exact) mass is 417 g/mol. The number of nitrogens with zero attached hydrogens (tertiary/aromatic N) is 2. The number of aromatic nitrogens is 2. The zero-order chi connectivity index (χ0) is 20.3. The van der Waals surface area contributed by atoms with E-state index in [4.69, 9.17) is 16.3 Å². The summed E-state index contributed by atoms with van der Waals surface area (Å²) in [5.41, 5.74) is 0.788. The van der Waals surface area contributed by atoms with Gasteiger partial charge in [0, 0.05) is 11.6 Å². The van der Waals surface area contributed by atoms with E-state index in [1.165, 1.54) is 16.3 Å². The Morgan fingerprint density at radius 1 is 1.32 bits per heavy atom. The maximum absolute atomic E-state index is 13.3. The van der Waals surface area contributed by atoms with Gasteiger partial charge in [-0.15, -0.1) is 0 Å². The highest BCUT2D eigenvalue weighted by atomic mass is 35.5. The molecule has 6 nitrogen and oxygen atoms in total. The molecule has 0 fully saturated rings. The van der Waals surface area contributed by atoms with Crippen LogP contribution in [0.4, 0.5) is 0 Å². The number of hydrogen-bond donors (Lipinski definition) is 1. The number of halogens is 1. The minimum atomic E-state index is -0.440. The molecule has 1 aromatic heterocycles. The molecule has 1 atom stereocenters. The molecule has 0 spiro atoms. The van der Waals surface area contributed by atoms with Crippen molar-refractivity contribution in [2.75, 3.05) is 13.7 Å². The molecular formula is C20H20ClN3O3S. The lowest BCUT2D eigenvalue weighted by Crippen LogP contribution is -2.31. The fourth-order valence-electron chi connectivity index (χ4n) is 2.77. The quantitative estimate of drug-likeness (QED) is 0.489. The smallest absolute Gasteiger partial charge is 0.266 e. The molecule has 8 heteroatoms. The van der Waals surface area contributed by atoms with Crippen molar-refractivity contribution in [2.45, 2.75) is 24.3 Å². The van der Waals surface area contributed by atoms with Crippen LogP contribution in [0.15, 0.2) is 52.4 Å².